The summed E-state index contributed by atoms with van der Waals surface area (Å²) in [5.41, 5.74) is 1.39. The van der Waals surface area contributed by atoms with Gasteiger partial charge in [-0.1, -0.05) is 27.5 Å². The maximum absolute atomic E-state index is 11.4. The molecule has 6 heteroatoms. The summed E-state index contributed by atoms with van der Waals surface area (Å²) < 4.78 is 6.38. The Morgan fingerprint density at radius 3 is 2.76 bits per heavy atom. The molecular formula is C11H14BrClN2O2. The van der Waals surface area contributed by atoms with Crippen LogP contribution in [-0.4, -0.2) is 12.5 Å². The first kappa shape index (κ1) is 14.3. The maximum Gasteiger partial charge on any atom is 0.242 e. The van der Waals surface area contributed by atoms with Gasteiger partial charge in [-0.15, -0.1) is 0 Å². The highest BCUT2D eigenvalue weighted by molar-refractivity contribution is 9.10. The van der Waals surface area contributed by atoms with Gasteiger partial charge in [0.05, 0.1) is 10.4 Å². The van der Waals surface area contributed by atoms with E-state index in [1.165, 1.54) is 0 Å². The first-order valence-corrected chi connectivity index (χ1v) is 6.13. The van der Waals surface area contributed by atoms with Crippen molar-refractivity contribution in [2.24, 2.45) is 11.3 Å². The number of benzene rings is 1. The lowest BCUT2D eigenvalue weighted by Crippen LogP contribution is -2.44. The molecule has 3 N–H and O–H groups in total. The van der Waals surface area contributed by atoms with E-state index in [9.17, 15) is 4.79 Å². The van der Waals surface area contributed by atoms with E-state index in [-0.39, 0.29) is 12.5 Å². The Kier molecular flexibility index (Phi) is 4.80. The second-order valence-corrected chi connectivity index (χ2v) is 5.54. The van der Waals surface area contributed by atoms with Crippen LogP contribution in [-0.2, 0) is 4.79 Å². The SMILES string of the molecule is CC(C)(COc1ccc(Br)cc1Cl)C(=O)NN. The normalized spacial score (nSPS) is 11.1. The van der Waals surface area contributed by atoms with Crippen LogP contribution in [0.25, 0.3) is 0 Å². The van der Waals surface area contributed by atoms with Gasteiger partial charge in [0, 0.05) is 4.47 Å². The minimum absolute atomic E-state index is 0.192. The average Bonchev–Trinajstić information content (AvgIpc) is 2.26. The molecule has 0 saturated carbocycles. The van der Waals surface area contributed by atoms with E-state index in [1.54, 1.807) is 26.0 Å². The van der Waals surface area contributed by atoms with Gasteiger partial charge in [-0.25, -0.2) is 5.84 Å². The standard InChI is InChI=1S/C11H14BrClN2O2/c1-11(2,10(16)15-14)6-17-9-4-3-7(12)5-8(9)13/h3-5H,6,14H2,1-2H3,(H,15,16). The van der Waals surface area contributed by atoms with Crippen LogP contribution in [0.2, 0.25) is 5.02 Å². The second-order valence-electron chi connectivity index (χ2n) is 4.22. The summed E-state index contributed by atoms with van der Waals surface area (Å²) in [5.74, 6) is 5.34. The Hall–Kier alpha value is -0.780. The van der Waals surface area contributed by atoms with Crippen LogP contribution in [0.15, 0.2) is 22.7 Å². The van der Waals surface area contributed by atoms with Gasteiger partial charge in [0.15, 0.2) is 0 Å². The Labute approximate surface area is 114 Å². The number of halogens is 2. The highest BCUT2D eigenvalue weighted by Crippen LogP contribution is 2.29. The van der Waals surface area contributed by atoms with Gasteiger partial charge in [-0.3, -0.25) is 10.2 Å². The molecule has 0 heterocycles. The van der Waals surface area contributed by atoms with Gasteiger partial charge >= 0.3 is 0 Å². The molecule has 0 unspecified atom stereocenters. The third-order valence-corrected chi connectivity index (χ3v) is 3.02. The van der Waals surface area contributed by atoms with E-state index in [0.717, 1.165) is 4.47 Å². The lowest BCUT2D eigenvalue weighted by atomic mass is 9.94. The van der Waals surface area contributed by atoms with Gasteiger partial charge in [0.1, 0.15) is 12.4 Å². The van der Waals surface area contributed by atoms with Gasteiger partial charge in [0.2, 0.25) is 5.91 Å². The van der Waals surface area contributed by atoms with Crippen LogP contribution in [0.3, 0.4) is 0 Å². The number of ether oxygens (including phenoxy) is 1. The predicted molar refractivity (Wildman–Crippen MR) is 70.8 cm³/mol. The summed E-state index contributed by atoms with van der Waals surface area (Å²) >= 11 is 9.29. The molecule has 0 radical (unpaired) electrons. The molecule has 0 spiro atoms. The lowest BCUT2D eigenvalue weighted by Gasteiger charge is -2.22. The fourth-order valence-corrected chi connectivity index (χ4v) is 1.84. The third-order valence-electron chi connectivity index (χ3n) is 2.23. The smallest absolute Gasteiger partial charge is 0.242 e. The van der Waals surface area contributed by atoms with Crippen molar-refractivity contribution in [3.63, 3.8) is 0 Å². The monoisotopic (exact) mass is 320 g/mol. The molecule has 0 aliphatic rings. The van der Waals surface area contributed by atoms with Crippen molar-refractivity contribution >= 4 is 33.4 Å². The average molecular weight is 322 g/mol. The number of hydrazine groups is 1. The molecule has 0 fully saturated rings. The summed E-state index contributed by atoms with van der Waals surface area (Å²) in [5, 5.41) is 0.489. The van der Waals surface area contributed by atoms with E-state index in [4.69, 9.17) is 22.2 Å². The number of nitrogens with one attached hydrogen (secondary N) is 1. The Morgan fingerprint density at radius 1 is 1.59 bits per heavy atom. The van der Waals surface area contributed by atoms with E-state index >= 15 is 0 Å². The molecule has 17 heavy (non-hydrogen) atoms. The molecule has 1 aromatic carbocycles. The topological polar surface area (TPSA) is 64.3 Å². The van der Waals surface area contributed by atoms with Crippen LogP contribution in [0.4, 0.5) is 0 Å². The number of carbonyl (C=O) groups excluding carboxylic acids is 1. The molecule has 94 valence electrons. The van der Waals surface area contributed by atoms with Crippen molar-refractivity contribution in [1.82, 2.24) is 5.43 Å². The lowest BCUT2D eigenvalue weighted by molar-refractivity contribution is -0.130. The highest BCUT2D eigenvalue weighted by Gasteiger charge is 2.28. The molecule has 0 atom stereocenters. The van der Waals surface area contributed by atoms with E-state index in [0.29, 0.717) is 10.8 Å². The number of rotatable bonds is 4. The molecule has 0 aromatic heterocycles. The third kappa shape index (κ3) is 3.87. The molecule has 4 nitrogen and oxygen atoms in total. The summed E-state index contributed by atoms with van der Waals surface area (Å²) in [4.78, 5) is 11.4. The number of carbonyl (C=O) groups is 1. The first-order chi connectivity index (χ1) is 7.86. The Bertz CT molecular complexity index is 424. The zero-order chi connectivity index (χ0) is 13.1. The van der Waals surface area contributed by atoms with E-state index in [2.05, 4.69) is 21.4 Å². The van der Waals surface area contributed by atoms with Crippen molar-refractivity contribution in [3.05, 3.63) is 27.7 Å². The molecule has 0 aliphatic heterocycles. The number of amides is 1. The molecule has 0 bridgehead atoms. The van der Waals surface area contributed by atoms with Crippen LogP contribution >= 0.6 is 27.5 Å². The quantitative estimate of drug-likeness (QED) is 0.509. The van der Waals surface area contributed by atoms with Crippen LogP contribution < -0.4 is 16.0 Å². The number of hydrogen-bond acceptors (Lipinski definition) is 3. The summed E-state index contributed by atoms with van der Waals surface area (Å²) in [6, 6.07) is 5.28. The number of hydrogen-bond donors (Lipinski definition) is 2. The highest BCUT2D eigenvalue weighted by atomic mass is 79.9. The molecule has 1 aromatic rings. The van der Waals surface area contributed by atoms with Crippen molar-refractivity contribution in [1.29, 1.82) is 0 Å². The van der Waals surface area contributed by atoms with Crippen molar-refractivity contribution in [3.8, 4) is 5.75 Å². The first-order valence-electron chi connectivity index (χ1n) is 4.96. The zero-order valence-corrected chi connectivity index (χ0v) is 11.9. The van der Waals surface area contributed by atoms with Crippen LogP contribution in [0, 0.1) is 5.41 Å². The zero-order valence-electron chi connectivity index (χ0n) is 9.59. The fourth-order valence-electron chi connectivity index (χ4n) is 1.11. The minimum atomic E-state index is -0.717. The molecule has 0 saturated heterocycles. The maximum atomic E-state index is 11.4. The predicted octanol–water partition coefficient (Wildman–Crippen LogP) is 2.50. The Morgan fingerprint density at radius 2 is 2.24 bits per heavy atom. The van der Waals surface area contributed by atoms with Crippen molar-refractivity contribution < 1.29 is 9.53 Å². The molecule has 1 amide bonds. The Balaban J connectivity index is 2.70. The van der Waals surface area contributed by atoms with E-state index in [1.807, 2.05) is 6.07 Å². The van der Waals surface area contributed by atoms with Crippen molar-refractivity contribution in [2.45, 2.75) is 13.8 Å². The second kappa shape index (κ2) is 5.71. The van der Waals surface area contributed by atoms with Gasteiger partial charge in [-0.05, 0) is 32.0 Å². The van der Waals surface area contributed by atoms with Gasteiger partial charge in [0.25, 0.3) is 0 Å². The number of nitrogens with two attached hydrogens (primary N) is 1. The summed E-state index contributed by atoms with van der Waals surface area (Å²) in [7, 11) is 0. The molecule has 0 aliphatic carbocycles. The largest absolute Gasteiger partial charge is 0.491 e. The van der Waals surface area contributed by atoms with Gasteiger partial charge < -0.3 is 4.74 Å². The minimum Gasteiger partial charge on any atom is -0.491 e. The van der Waals surface area contributed by atoms with E-state index < -0.39 is 5.41 Å². The summed E-state index contributed by atoms with van der Waals surface area (Å²) in [6.07, 6.45) is 0. The molecule has 1 rings (SSSR count). The molecular weight excluding hydrogens is 307 g/mol. The van der Waals surface area contributed by atoms with Crippen LogP contribution in [0.5, 0.6) is 5.75 Å². The fraction of sp³-hybridized carbons (Fsp3) is 0.364. The van der Waals surface area contributed by atoms with Crippen molar-refractivity contribution in [2.75, 3.05) is 6.61 Å². The van der Waals surface area contributed by atoms with Gasteiger partial charge in [-0.2, -0.15) is 0 Å². The van der Waals surface area contributed by atoms with Crippen LogP contribution in [0.1, 0.15) is 13.8 Å². The summed E-state index contributed by atoms with van der Waals surface area (Å²) in [6.45, 7) is 3.67.